The molecular formula is C22H22FN3O3S. The van der Waals surface area contributed by atoms with Gasteiger partial charge in [0.15, 0.2) is 5.16 Å². The molecule has 3 aromatic rings. The average molecular weight is 428 g/mol. The number of ether oxygens (including phenoxy) is 1. The predicted molar refractivity (Wildman–Crippen MR) is 115 cm³/mol. The molecule has 0 bridgehead atoms. The van der Waals surface area contributed by atoms with Crippen LogP contribution in [0.4, 0.5) is 4.39 Å². The first-order valence-electron chi connectivity index (χ1n) is 9.87. The lowest BCUT2D eigenvalue weighted by atomic mass is 10.2. The predicted octanol–water partition coefficient (Wildman–Crippen LogP) is 3.30. The van der Waals surface area contributed by atoms with Crippen molar-refractivity contribution >= 4 is 28.6 Å². The van der Waals surface area contributed by atoms with Crippen molar-refractivity contribution in [3.63, 3.8) is 0 Å². The molecule has 0 unspecified atom stereocenters. The fourth-order valence-electron chi connectivity index (χ4n) is 3.41. The SMILES string of the molecule is C[C@H](Sc1nc2ccccc2c(=O)n1-c1ccccc1F)C(=O)NC[C@H]1CCCO1. The van der Waals surface area contributed by atoms with E-state index in [1.165, 1.54) is 16.7 Å². The molecule has 1 saturated heterocycles. The molecule has 30 heavy (non-hydrogen) atoms. The van der Waals surface area contributed by atoms with E-state index in [4.69, 9.17) is 4.74 Å². The van der Waals surface area contributed by atoms with Crippen LogP contribution in [-0.2, 0) is 9.53 Å². The number of hydrogen-bond donors (Lipinski definition) is 1. The highest BCUT2D eigenvalue weighted by molar-refractivity contribution is 8.00. The molecule has 2 heterocycles. The lowest BCUT2D eigenvalue weighted by Crippen LogP contribution is -2.37. The monoisotopic (exact) mass is 427 g/mol. The lowest BCUT2D eigenvalue weighted by molar-refractivity contribution is -0.120. The first kappa shape index (κ1) is 20.6. The smallest absolute Gasteiger partial charge is 0.266 e. The normalized spacial score (nSPS) is 17.2. The molecule has 1 fully saturated rings. The second-order valence-corrected chi connectivity index (χ2v) is 8.45. The molecule has 0 spiro atoms. The maximum absolute atomic E-state index is 14.5. The summed E-state index contributed by atoms with van der Waals surface area (Å²) in [5.74, 6) is -0.716. The number of carbonyl (C=O) groups excluding carboxylic acids is 1. The summed E-state index contributed by atoms with van der Waals surface area (Å²) in [7, 11) is 0. The number of nitrogens with one attached hydrogen (secondary N) is 1. The van der Waals surface area contributed by atoms with Gasteiger partial charge in [-0.15, -0.1) is 0 Å². The van der Waals surface area contributed by atoms with Crippen LogP contribution in [0.3, 0.4) is 0 Å². The van der Waals surface area contributed by atoms with Crippen molar-refractivity contribution in [2.75, 3.05) is 13.2 Å². The zero-order valence-electron chi connectivity index (χ0n) is 16.5. The van der Waals surface area contributed by atoms with Crippen molar-refractivity contribution < 1.29 is 13.9 Å². The molecule has 1 aliphatic rings. The zero-order valence-corrected chi connectivity index (χ0v) is 17.3. The molecule has 156 valence electrons. The lowest BCUT2D eigenvalue weighted by Gasteiger charge is -2.17. The van der Waals surface area contributed by atoms with E-state index in [9.17, 15) is 14.0 Å². The molecule has 0 aliphatic carbocycles. The standard InChI is InChI=1S/C22H22FN3O3S/c1-14(20(27)24-13-15-7-6-12-29-15)30-22-25-18-10-4-2-8-16(18)21(28)26(22)19-11-5-3-9-17(19)23/h2-5,8-11,14-15H,6-7,12-13H2,1H3,(H,24,27)/t14-,15+/m0/s1. The van der Waals surface area contributed by atoms with Gasteiger partial charge in [-0.3, -0.25) is 14.2 Å². The summed E-state index contributed by atoms with van der Waals surface area (Å²) < 4.78 is 21.3. The van der Waals surface area contributed by atoms with Crippen LogP contribution in [-0.4, -0.2) is 40.0 Å². The average Bonchev–Trinajstić information content (AvgIpc) is 3.27. The minimum atomic E-state index is -0.533. The van der Waals surface area contributed by atoms with E-state index in [0.717, 1.165) is 31.2 Å². The Kier molecular flexibility index (Phi) is 6.15. The van der Waals surface area contributed by atoms with Crippen molar-refractivity contribution in [1.29, 1.82) is 0 Å². The number of para-hydroxylation sites is 2. The Bertz CT molecular complexity index is 1130. The van der Waals surface area contributed by atoms with Crippen molar-refractivity contribution in [1.82, 2.24) is 14.9 Å². The number of benzene rings is 2. The van der Waals surface area contributed by atoms with E-state index in [1.807, 2.05) is 0 Å². The van der Waals surface area contributed by atoms with E-state index in [2.05, 4.69) is 10.3 Å². The molecule has 6 nitrogen and oxygen atoms in total. The van der Waals surface area contributed by atoms with Crippen LogP contribution in [0.2, 0.25) is 0 Å². The van der Waals surface area contributed by atoms with Crippen molar-refractivity contribution in [2.24, 2.45) is 0 Å². The fraction of sp³-hybridized carbons (Fsp3) is 0.318. The van der Waals surface area contributed by atoms with Gasteiger partial charge in [0.1, 0.15) is 5.82 Å². The number of carbonyl (C=O) groups is 1. The van der Waals surface area contributed by atoms with Gasteiger partial charge in [-0.25, -0.2) is 9.37 Å². The van der Waals surface area contributed by atoms with Gasteiger partial charge in [0, 0.05) is 13.2 Å². The minimum Gasteiger partial charge on any atom is -0.376 e. The third-order valence-electron chi connectivity index (χ3n) is 5.02. The number of halogens is 1. The fourth-order valence-corrected chi connectivity index (χ4v) is 4.36. The second kappa shape index (κ2) is 8.97. The van der Waals surface area contributed by atoms with Crippen LogP contribution in [0, 0.1) is 5.82 Å². The maximum Gasteiger partial charge on any atom is 0.266 e. The largest absolute Gasteiger partial charge is 0.376 e. The minimum absolute atomic E-state index is 0.0431. The molecule has 0 saturated carbocycles. The topological polar surface area (TPSA) is 73.2 Å². The van der Waals surface area contributed by atoms with Gasteiger partial charge in [0.05, 0.1) is 27.9 Å². The molecule has 4 rings (SSSR count). The summed E-state index contributed by atoms with van der Waals surface area (Å²) in [4.78, 5) is 30.3. The van der Waals surface area contributed by atoms with Crippen LogP contribution < -0.4 is 10.9 Å². The Morgan fingerprint density at radius 1 is 1.30 bits per heavy atom. The van der Waals surface area contributed by atoms with E-state index >= 15 is 0 Å². The van der Waals surface area contributed by atoms with E-state index in [0.29, 0.717) is 17.4 Å². The van der Waals surface area contributed by atoms with Gasteiger partial charge >= 0.3 is 0 Å². The summed E-state index contributed by atoms with van der Waals surface area (Å²) in [5, 5.41) is 3.02. The van der Waals surface area contributed by atoms with Gasteiger partial charge in [-0.2, -0.15) is 0 Å². The molecule has 1 aliphatic heterocycles. The number of nitrogens with zero attached hydrogens (tertiary/aromatic N) is 2. The Labute approximate surface area is 177 Å². The number of thioether (sulfide) groups is 1. The zero-order chi connectivity index (χ0) is 21.1. The van der Waals surface area contributed by atoms with Crippen LogP contribution in [0.1, 0.15) is 19.8 Å². The Morgan fingerprint density at radius 2 is 2.07 bits per heavy atom. The summed E-state index contributed by atoms with van der Waals surface area (Å²) in [5.41, 5.74) is 0.236. The van der Waals surface area contributed by atoms with Crippen LogP contribution >= 0.6 is 11.8 Å². The Balaban J connectivity index is 1.67. The van der Waals surface area contributed by atoms with Gasteiger partial charge in [-0.05, 0) is 44.0 Å². The highest BCUT2D eigenvalue weighted by atomic mass is 32.2. The van der Waals surface area contributed by atoms with Crippen molar-refractivity contribution in [3.8, 4) is 5.69 Å². The van der Waals surface area contributed by atoms with E-state index in [1.54, 1.807) is 43.3 Å². The first-order chi connectivity index (χ1) is 14.5. The van der Waals surface area contributed by atoms with Crippen molar-refractivity contribution in [3.05, 3.63) is 64.7 Å². The summed E-state index contributed by atoms with van der Waals surface area (Å²) in [6, 6.07) is 13.0. The third kappa shape index (κ3) is 4.24. The molecule has 2 atom stereocenters. The highest BCUT2D eigenvalue weighted by Gasteiger charge is 2.23. The summed E-state index contributed by atoms with van der Waals surface area (Å²) >= 11 is 1.13. The molecule has 1 N–H and O–H groups in total. The van der Waals surface area contributed by atoms with E-state index in [-0.39, 0.29) is 28.4 Å². The van der Waals surface area contributed by atoms with Crippen LogP contribution in [0.5, 0.6) is 0 Å². The second-order valence-electron chi connectivity index (χ2n) is 7.14. The molecule has 2 aromatic carbocycles. The Morgan fingerprint density at radius 3 is 2.83 bits per heavy atom. The van der Waals surface area contributed by atoms with Crippen LogP contribution in [0.25, 0.3) is 16.6 Å². The number of amides is 1. The number of hydrogen-bond acceptors (Lipinski definition) is 5. The summed E-state index contributed by atoms with van der Waals surface area (Å²) in [6.07, 6.45) is 1.98. The molecular weight excluding hydrogens is 405 g/mol. The first-order valence-corrected chi connectivity index (χ1v) is 10.7. The number of fused-ring (bicyclic) bond motifs is 1. The Hall–Kier alpha value is -2.71. The number of rotatable bonds is 6. The third-order valence-corrected chi connectivity index (χ3v) is 6.07. The van der Waals surface area contributed by atoms with Crippen LogP contribution in [0.15, 0.2) is 58.5 Å². The molecule has 1 amide bonds. The quantitative estimate of drug-likeness (QED) is 0.483. The van der Waals surface area contributed by atoms with Gasteiger partial charge < -0.3 is 10.1 Å². The molecule has 1 aromatic heterocycles. The van der Waals surface area contributed by atoms with Crippen molar-refractivity contribution in [2.45, 2.75) is 36.3 Å². The van der Waals surface area contributed by atoms with Gasteiger partial charge in [-0.1, -0.05) is 36.0 Å². The van der Waals surface area contributed by atoms with Gasteiger partial charge in [0.25, 0.3) is 5.56 Å². The van der Waals surface area contributed by atoms with Gasteiger partial charge in [0.2, 0.25) is 5.91 Å². The van der Waals surface area contributed by atoms with E-state index < -0.39 is 11.1 Å². The highest BCUT2D eigenvalue weighted by Crippen LogP contribution is 2.26. The maximum atomic E-state index is 14.5. The summed E-state index contributed by atoms with van der Waals surface area (Å²) in [6.45, 7) is 2.91. The molecule has 0 radical (unpaired) electrons. The molecule has 8 heteroatoms. The number of aromatic nitrogens is 2.